The van der Waals surface area contributed by atoms with Crippen LogP contribution < -0.4 is 15.2 Å². The van der Waals surface area contributed by atoms with Gasteiger partial charge in [-0.25, -0.2) is 0 Å². The first-order valence-electron chi connectivity index (χ1n) is 6.47. The normalized spacial score (nSPS) is 12.0. The van der Waals surface area contributed by atoms with E-state index in [2.05, 4.69) is 15.9 Å². The molecular weight excluding hydrogens is 354 g/mol. The van der Waals surface area contributed by atoms with Crippen LogP contribution in [0.4, 0.5) is 0 Å². The van der Waals surface area contributed by atoms with Gasteiger partial charge in [0, 0.05) is 16.6 Å². The summed E-state index contributed by atoms with van der Waals surface area (Å²) in [5.74, 6) is 1.41. The predicted molar refractivity (Wildman–Crippen MR) is 89.3 cm³/mol. The van der Waals surface area contributed by atoms with E-state index < -0.39 is 0 Å². The molecule has 21 heavy (non-hydrogen) atoms. The second kappa shape index (κ2) is 7.16. The van der Waals surface area contributed by atoms with Gasteiger partial charge >= 0.3 is 0 Å². The zero-order valence-electron chi connectivity index (χ0n) is 11.9. The summed E-state index contributed by atoms with van der Waals surface area (Å²) in [7, 11) is 3.24. The molecule has 0 heterocycles. The van der Waals surface area contributed by atoms with Gasteiger partial charge in [0.2, 0.25) is 0 Å². The number of nitrogens with two attached hydrogens (primary N) is 1. The summed E-state index contributed by atoms with van der Waals surface area (Å²) >= 11 is 9.50. The Morgan fingerprint density at radius 1 is 1.19 bits per heavy atom. The maximum atomic E-state index is 6.33. The van der Waals surface area contributed by atoms with Crippen LogP contribution in [0.5, 0.6) is 11.5 Å². The molecule has 1 atom stereocenters. The van der Waals surface area contributed by atoms with Gasteiger partial charge in [0.15, 0.2) is 0 Å². The van der Waals surface area contributed by atoms with Gasteiger partial charge in [-0.3, -0.25) is 0 Å². The Morgan fingerprint density at radius 3 is 2.57 bits per heavy atom. The zero-order valence-corrected chi connectivity index (χ0v) is 14.2. The van der Waals surface area contributed by atoms with Crippen LogP contribution >= 0.6 is 27.5 Å². The molecule has 0 aromatic heterocycles. The molecule has 0 fully saturated rings. The van der Waals surface area contributed by atoms with Crippen molar-refractivity contribution in [2.75, 3.05) is 14.2 Å². The van der Waals surface area contributed by atoms with Gasteiger partial charge in [-0.05, 0) is 52.2 Å². The van der Waals surface area contributed by atoms with E-state index in [0.717, 1.165) is 15.6 Å². The van der Waals surface area contributed by atoms with E-state index in [9.17, 15) is 0 Å². The molecule has 112 valence electrons. The van der Waals surface area contributed by atoms with Gasteiger partial charge < -0.3 is 15.2 Å². The topological polar surface area (TPSA) is 44.5 Å². The van der Waals surface area contributed by atoms with Crippen molar-refractivity contribution in [1.82, 2.24) is 0 Å². The quantitative estimate of drug-likeness (QED) is 0.850. The summed E-state index contributed by atoms with van der Waals surface area (Å²) in [6.45, 7) is 0. The molecule has 1 unspecified atom stereocenters. The number of benzene rings is 2. The van der Waals surface area contributed by atoms with E-state index in [0.29, 0.717) is 22.9 Å². The minimum absolute atomic E-state index is 0.194. The number of halogens is 2. The molecule has 0 spiro atoms. The van der Waals surface area contributed by atoms with Crippen LogP contribution in [0.15, 0.2) is 40.9 Å². The number of hydrogen-bond acceptors (Lipinski definition) is 3. The van der Waals surface area contributed by atoms with Gasteiger partial charge in [0.25, 0.3) is 0 Å². The number of ether oxygens (including phenoxy) is 2. The Labute approximate surface area is 138 Å². The van der Waals surface area contributed by atoms with E-state index >= 15 is 0 Å². The standard InChI is InChI=1S/C16H17BrClNO2/c1-20-14-7-6-12(16(21-2)15(14)17)13(19)9-10-4-3-5-11(18)8-10/h3-8,13H,9,19H2,1-2H3. The van der Waals surface area contributed by atoms with Crippen molar-refractivity contribution in [2.24, 2.45) is 5.73 Å². The van der Waals surface area contributed by atoms with Crippen LogP contribution in [0.2, 0.25) is 5.02 Å². The summed E-state index contributed by atoms with van der Waals surface area (Å²) < 4.78 is 11.5. The van der Waals surface area contributed by atoms with Gasteiger partial charge in [0.1, 0.15) is 16.0 Å². The molecule has 5 heteroatoms. The molecule has 3 nitrogen and oxygen atoms in total. The Hall–Kier alpha value is -1.23. The van der Waals surface area contributed by atoms with Crippen molar-refractivity contribution >= 4 is 27.5 Å². The first kappa shape index (κ1) is 16.1. The smallest absolute Gasteiger partial charge is 0.141 e. The van der Waals surface area contributed by atoms with Gasteiger partial charge in [-0.2, -0.15) is 0 Å². The van der Waals surface area contributed by atoms with Crippen LogP contribution in [0, 0.1) is 0 Å². The Bertz CT molecular complexity index is 634. The van der Waals surface area contributed by atoms with Crippen LogP contribution in [0.3, 0.4) is 0 Å². The molecule has 2 aromatic carbocycles. The summed E-state index contributed by atoms with van der Waals surface area (Å²) in [4.78, 5) is 0. The zero-order chi connectivity index (χ0) is 15.4. The van der Waals surface area contributed by atoms with Crippen LogP contribution in [-0.4, -0.2) is 14.2 Å². The number of rotatable bonds is 5. The summed E-state index contributed by atoms with van der Waals surface area (Å²) in [6.07, 6.45) is 0.676. The summed E-state index contributed by atoms with van der Waals surface area (Å²) in [5, 5.41) is 0.711. The molecule has 0 aliphatic rings. The molecule has 2 rings (SSSR count). The predicted octanol–water partition coefficient (Wildman–Crippen LogP) is 4.36. The van der Waals surface area contributed by atoms with Crippen molar-refractivity contribution in [2.45, 2.75) is 12.5 Å². The highest BCUT2D eigenvalue weighted by atomic mass is 79.9. The maximum absolute atomic E-state index is 6.33. The Kier molecular flexibility index (Phi) is 5.51. The lowest BCUT2D eigenvalue weighted by molar-refractivity contribution is 0.383. The van der Waals surface area contributed by atoms with E-state index in [4.69, 9.17) is 26.8 Å². The lowest BCUT2D eigenvalue weighted by Crippen LogP contribution is -2.15. The van der Waals surface area contributed by atoms with Crippen molar-refractivity contribution < 1.29 is 9.47 Å². The van der Waals surface area contributed by atoms with Crippen LogP contribution in [-0.2, 0) is 6.42 Å². The average Bonchev–Trinajstić information content (AvgIpc) is 2.46. The minimum atomic E-state index is -0.194. The second-order valence-corrected chi connectivity index (χ2v) is 5.87. The minimum Gasteiger partial charge on any atom is -0.495 e. The van der Waals surface area contributed by atoms with Crippen molar-refractivity contribution in [1.29, 1.82) is 0 Å². The molecule has 2 N–H and O–H groups in total. The summed E-state index contributed by atoms with van der Waals surface area (Å²) in [6, 6.07) is 11.3. The average molecular weight is 371 g/mol. The molecular formula is C16H17BrClNO2. The monoisotopic (exact) mass is 369 g/mol. The SMILES string of the molecule is COc1ccc(C(N)Cc2cccc(Cl)c2)c(OC)c1Br. The van der Waals surface area contributed by atoms with Crippen molar-refractivity contribution in [3.63, 3.8) is 0 Å². The number of hydrogen-bond donors (Lipinski definition) is 1. The largest absolute Gasteiger partial charge is 0.495 e. The molecule has 0 aliphatic heterocycles. The third-order valence-electron chi connectivity index (χ3n) is 3.26. The fourth-order valence-electron chi connectivity index (χ4n) is 2.24. The van der Waals surface area contributed by atoms with Gasteiger partial charge in [-0.15, -0.1) is 0 Å². The van der Waals surface area contributed by atoms with Crippen LogP contribution in [0.25, 0.3) is 0 Å². The highest BCUT2D eigenvalue weighted by Crippen LogP contribution is 2.39. The first-order valence-corrected chi connectivity index (χ1v) is 7.64. The van der Waals surface area contributed by atoms with Crippen LogP contribution in [0.1, 0.15) is 17.2 Å². The molecule has 2 aromatic rings. The molecule has 0 aliphatic carbocycles. The van der Waals surface area contributed by atoms with E-state index in [-0.39, 0.29) is 6.04 Å². The number of methoxy groups -OCH3 is 2. The second-order valence-electron chi connectivity index (χ2n) is 4.64. The fourth-order valence-corrected chi connectivity index (χ4v) is 3.14. The highest BCUT2D eigenvalue weighted by Gasteiger charge is 2.18. The Morgan fingerprint density at radius 2 is 1.95 bits per heavy atom. The van der Waals surface area contributed by atoms with E-state index in [1.54, 1.807) is 14.2 Å². The lowest BCUT2D eigenvalue weighted by Gasteiger charge is -2.18. The van der Waals surface area contributed by atoms with Gasteiger partial charge in [0.05, 0.1) is 14.2 Å². The van der Waals surface area contributed by atoms with E-state index in [1.807, 2.05) is 36.4 Å². The molecule has 0 saturated heterocycles. The molecule has 0 radical (unpaired) electrons. The lowest BCUT2D eigenvalue weighted by atomic mass is 9.98. The van der Waals surface area contributed by atoms with Crippen molar-refractivity contribution in [3.05, 3.63) is 57.0 Å². The highest BCUT2D eigenvalue weighted by molar-refractivity contribution is 9.10. The molecule has 0 bridgehead atoms. The Balaban J connectivity index is 2.30. The third-order valence-corrected chi connectivity index (χ3v) is 4.25. The molecule has 0 amide bonds. The van der Waals surface area contributed by atoms with E-state index in [1.165, 1.54) is 0 Å². The molecule has 0 saturated carbocycles. The maximum Gasteiger partial charge on any atom is 0.141 e. The summed E-state index contributed by atoms with van der Waals surface area (Å²) in [5.41, 5.74) is 8.34. The van der Waals surface area contributed by atoms with Crippen molar-refractivity contribution in [3.8, 4) is 11.5 Å². The van der Waals surface area contributed by atoms with Gasteiger partial charge in [-0.1, -0.05) is 23.7 Å². The third kappa shape index (κ3) is 3.70. The fraction of sp³-hybridized carbons (Fsp3) is 0.250. The first-order chi connectivity index (χ1) is 10.1.